The number of carbonyl (C=O) groups is 3. The van der Waals surface area contributed by atoms with Gasteiger partial charge in [0.25, 0.3) is 0 Å². The lowest BCUT2D eigenvalue weighted by Crippen LogP contribution is -2.68. The third-order valence-electron chi connectivity index (χ3n) is 19.8. The minimum atomic E-state index is -1.64. The zero-order chi connectivity index (χ0) is 45.6. The average molecular weight is 889 g/mol. The maximum Gasteiger partial charge on any atom is 0.348 e. The molecule has 354 valence electrons. The molecule has 6 fully saturated rings. The van der Waals surface area contributed by atoms with Crippen molar-refractivity contribution < 1.29 is 33.3 Å². The number of hydrogen-bond donors (Lipinski definition) is 0. The average Bonchev–Trinajstić information content (AvgIpc) is 3.94. The molecule has 0 aromatic heterocycles. The van der Waals surface area contributed by atoms with Crippen molar-refractivity contribution in [1.82, 2.24) is 0 Å². The minimum Gasteiger partial charge on any atom is -0.462 e. The van der Waals surface area contributed by atoms with Gasteiger partial charge in [0.15, 0.2) is 6.79 Å². The second kappa shape index (κ2) is 18.9. The first kappa shape index (κ1) is 46.7. The fraction of sp³-hybridized carbons (Fsp3) is 0.707. The molecule has 0 heterocycles. The zero-order valence-corrected chi connectivity index (χ0v) is 40.7. The Morgan fingerprint density at radius 3 is 2.14 bits per heavy atom. The van der Waals surface area contributed by atoms with Crippen LogP contribution in [-0.4, -0.2) is 36.9 Å². The lowest BCUT2D eigenvalue weighted by atomic mass is 9.36. The molecule has 0 radical (unpaired) electrons. The molecule has 8 unspecified atom stereocenters. The van der Waals surface area contributed by atoms with Crippen LogP contribution in [0.15, 0.2) is 72.3 Å². The number of rotatable bonds is 17. The van der Waals surface area contributed by atoms with E-state index >= 15 is 0 Å². The summed E-state index contributed by atoms with van der Waals surface area (Å²) in [5.41, 5.74) is 2.14. The quantitative estimate of drug-likeness (QED) is 0.0676. The Hall–Kier alpha value is -3.45. The van der Waals surface area contributed by atoms with Gasteiger partial charge in [0, 0.05) is 12.3 Å². The first-order valence-corrected chi connectivity index (χ1v) is 26.3. The van der Waals surface area contributed by atoms with Crippen molar-refractivity contribution in [2.24, 2.45) is 69.5 Å². The smallest absolute Gasteiger partial charge is 0.348 e. The molecule has 0 bridgehead atoms. The standard InChI is InChI=1S/C58H80O7/c1-7-45-53-49(57(45)31-14-15-32-57)36-50(53)65-54(61)58(40-19-10-8-11-20-40,41-21-12-9-13-22-41)63-37-62-51(59)27-28-52(60)64-43-29-33-55(5)42(35-43)23-24-44-47-26-25-46(39(4)18-16-17-38(2)3)56(47,6)34-30-48(44)55/h8-13,19-23,38-39,43-50,53H,7,14-18,24-37H2,1-6H3/t39-,43?,44?,45?,46?,47?,48+,49?,50?,53?,55+,56-/m1/s1. The monoisotopic (exact) mass is 889 g/mol. The molecule has 2 aromatic carbocycles. The fourth-order valence-corrected chi connectivity index (χ4v) is 16.6. The van der Waals surface area contributed by atoms with E-state index in [4.69, 9.17) is 18.9 Å². The molecule has 2 aromatic rings. The topological polar surface area (TPSA) is 88.1 Å². The molecule has 0 saturated heterocycles. The predicted molar refractivity (Wildman–Crippen MR) is 254 cm³/mol. The van der Waals surface area contributed by atoms with E-state index in [-0.39, 0.29) is 36.4 Å². The first-order chi connectivity index (χ1) is 31.3. The number of esters is 3. The summed E-state index contributed by atoms with van der Waals surface area (Å²) < 4.78 is 24.7. The van der Waals surface area contributed by atoms with E-state index < -0.39 is 24.3 Å². The highest BCUT2D eigenvalue weighted by Gasteiger charge is 2.70. The molecule has 7 aliphatic carbocycles. The lowest BCUT2D eigenvalue weighted by molar-refractivity contribution is -0.263. The summed E-state index contributed by atoms with van der Waals surface area (Å²) in [4.78, 5) is 41.2. The number of allylic oxidation sites excluding steroid dienone is 1. The molecule has 7 heteroatoms. The van der Waals surface area contributed by atoms with E-state index in [0.29, 0.717) is 45.6 Å². The number of hydrogen-bond acceptors (Lipinski definition) is 7. The van der Waals surface area contributed by atoms with Gasteiger partial charge in [-0.25, -0.2) is 4.79 Å². The van der Waals surface area contributed by atoms with Crippen molar-refractivity contribution in [3.63, 3.8) is 0 Å². The molecule has 0 aliphatic heterocycles. The Morgan fingerprint density at radius 2 is 1.46 bits per heavy atom. The summed E-state index contributed by atoms with van der Waals surface area (Å²) >= 11 is 0. The van der Waals surface area contributed by atoms with Gasteiger partial charge in [-0.2, -0.15) is 0 Å². The molecule has 9 rings (SSSR count). The minimum absolute atomic E-state index is 0.0669. The van der Waals surface area contributed by atoms with Crippen molar-refractivity contribution in [3.05, 3.63) is 83.4 Å². The number of carbonyl (C=O) groups excluding carboxylic acids is 3. The van der Waals surface area contributed by atoms with Crippen LogP contribution in [0, 0.1) is 69.5 Å². The summed E-state index contributed by atoms with van der Waals surface area (Å²) in [7, 11) is 0. The molecule has 7 aliphatic rings. The van der Waals surface area contributed by atoms with Crippen LogP contribution in [0.5, 0.6) is 0 Å². The van der Waals surface area contributed by atoms with E-state index in [1.54, 1.807) is 0 Å². The van der Waals surface area contributed by atoms with Gasteiger partial charge in [-0.15, -0.1) is 0 Å². The van der Waals surface area contributed by atoms with Crippen molar-refractivity contribution in [2.75, 3.05) is 6.79 Å². The van der Waals surface area contributed by atoms with Gasteiger partial charge in [0.2, 0.25) is 5.60 Å². The third-order valence-corrected chi connectivity index (χ3v) is 19.8. The molecule has 6 saturated carbocycles. The highest BCUT2D eigenvalue weighted by Crippen LogP contribution is 2.73. The van der Waals surface area contributed by atoms with Gasteiger partial charge < -0.3 is 18.9 Å². The lowest BCUT2D eigenvalue weighted by Gasteiger charge is -2.69. The summed E-state index contributed by atoms with van der Waals surface area (Å²) in [6.07, 6.45) is 22.7. The molecular weight excluding hydrogens is 809 g/mol. The van der Waals surface area contributed by atoms with Crippen LogP contribution >= 0.6 is 0 Å². The van der Waals surface area contributed by atoms with Crippen molar-refractivity contribution in [2.45, 2.75) is 181 Å². The van der Waals surface area contributed by atoms with Crippen LogP contribution in [0.3, 0.4) is 0 Å². The number of benzene rings is 2. The van der Waals surface area contributed by atoms with E-state index in [1.165, 1.54) is 76.2 Å². The van der Waals surface area contributed by atoms with Gasteiger partial charge in [0.05, 0.1) is 12.8 Å². The Labute approximate surface area is 390 Å². The highest BCUT2D eigenvalue weighted by molar-refractivity contribution is 5.86. The van der Waals surface area contributed by atoms with E-state index in [9.17, 15) is 14.4 Å². The summed E-state index contributed by atoms with van der Waals surface area (Å²) in [6.45, 7) is 14.2. The van der Waals surface area contributed by atoms with E-state index in [1.807, 2.05) is 60.7 Å². The predicted octanol–water partition coefficient (Wildman–Crippen LogP) is 13.3. The van der Waals surface area contributed by atoms with Gasteiger partial charge >= 0.3 is 17.9 Å². The zero-order valence-electron chi connectivity index (χ0n) is 40.7. The Balaban J connectivity index is 0.783. The summed E-state index contributed by atoms with van der Waals surface area (Å²) in [5, 5.41) is 0. The SMILES string of the molecule is CCC1C2C(OC(=O)C(OCOC(=O)CCC(=O)OC3CC[C@@]4(C)C(=CCC5C6CCC([C@H](C)CCCC(C)C)[C@@]6(C)CC[C@@H]54)C3)(c3ccccc3)c3ccccc3)CC2C12CCCC2. The van der Waals surface area contributed by atoms with Gasteiger partial charge in [-0.3, -0.25) is 9.59 Å². The normalized spacial score (nSPS) is 34.8. The van der Waals surface area contributed by atoms with E-state index in [2.05, 4.69) is 47.6 Å². The van der Waals surface area contributed by atoms with Crippen LogP contribution < -0.4 is 0 Å². The largest absolute Gasteiger partial charge is 0.462 e. The highest BCUT2D eigenvalue weighted by atomic mass is 16.7. The van der Waals surface area contributed by atoms with Crippen LogP contribution in [0.4, 0.5) is 0 Å². The van der Waals surface area contributed by atoms with Gasteiger partial charge in [-0.05, 0) is 139 Å². The Morgan fingerprint density at radius 1 is 0.769 bits per heavy atom. The number of fused-ring (bicyclic) bond motifs is 7. The molecule has 0 N–H and O–H groups in total. The van der Waals surface area contributed by atoms with Crippen molar-refractivity contribution in [3.8, 4) is 0 Å². The van der Waals surface area contributed by atoms with Crippen LogP contribution in [0.2, 0.25) is 0 Å². The summed E-state index contributed by atoms with van der Waals surface area (Å²) in [6, 6.07) is 18.8. The van der Waals surface area contributed by atoms with Crippen molar-refractivity contribution >= 4 is 17.9 Å². The second-order valence-corrected chi connectivity index (χ2v) is 23.2. The molecule has 65 heavy (non-hydrogen) atoms. The van der Waals surface area contributed by atoms with Gasteiger partial charge in [0.1, 0.15) is 12.2 Å². The molecular formula is C58H80O7. The molecule has 12 atom stereocenters. The van der Waals surface area contributed by atoms with Crippen LogP contribution in [0.1, 0.15) is 175 Å². The Bertz CT molecular complexity index is 1980. The summed E-state index contributed by atoms with van der Waals surface area (Å²) in [5.74, 6) is 4.91. The first-order valence-electron chi connectivity index (χ1n) is 26.3. The third kappa shape index (κ3) is 8.36. The molecule has 0 amide bonds. The van der Waals surface area contributed by atoms with Gasteiger partial charge in [-0.1, -0.05) is 152 Å². The van der Waals surface area contributed by atoms with Crippen LogP contribution in [0.25, 0.3) is 0 Å². The molecule has 7 nitrogen and oxygen atoms in total. The fourth-order valence-electron chi connectivity index (χ4n) is 16.6. The van der Waals surface area contributed by atoms with Crippen LogP contribution in [-0.2, 0) is 38.9 Å². The second-order valence-electron chi connectivity index (χ2n) is 23.2. The maximum absolute atomic E-state index is 14.7. The Kier molecular flexibility index (Phi) is 13.6. The van der Waals surface area contributed by atoms with E-state index in [0.717, 1.165) is 68.1 Å². The maximum atomic E-state index is 14.7. The molecule has 1 spiro atoms. The number of ether oxygens (including phenoxy) is 4. The van der Waals surface area contributed by atoms with Crippen molar-refractivity contribution in [1.29, 1.82) is 0 Å².